The predicted molar refractivity (Wildman–Crippen MR) is 146 cm³/mol. The van der Waals surface area contributed by atoms with Crippen molar-refractivity contribution >= 4 is 16.9 Å². The number of rotatable bonds is 4. The van der Waals surface area contributed by atoms with Crippen LogP contribution in [0.5, 0.6) is 0 Å². The van der Waals surface area contributed by atoms with Crippen LogP contribution in [-0.4, -0.2) is 45.2 Å². The molecule has 1 aliphatic rings. The maximum atomic E-state index is 15.3. The molecule has 1 saturated heterocycles. The molecule has 0 spiro atoms. The number of hydrogen-bond acceptors (Lipinski definition) is 7. The third-order valence-corrected chi connectivity index (χ3v) is 7.11. The molecule has 1 aliphatic heterocycles. The zero-order valence-electron chi connectivity index (χ0n) is 22.2. The van der Waals surface area contributed by atoms with Crippen molar-refractivity contribution in [2.45, 2.75) is 46.6 Å². The van der Waals surface area contributed by atoms with Gasteiger partial charge < -0.3 is 10.2 Å². The molecule has 3 aromatic heterocycles. The van der Waals surface area contributed by atoms with Gasteiger partial charge in [0.2, 0.25) is 0 Å². The summed E-state index contributed by atoms with van der Waals surface area (Å²) in [5, 5.41) is 14.0. The summed E-state index contributed by atoms with van der Waals surface area (Å²) in [7, 11) is 0. The number of aryl methyl sites for hydroxylation is 2. The summed E-state index contributed by atoms with van der Waals surface area (Å²) in [5.74, 6) is 0.0464. The van der Waals surface area contributed by atoms with E-state index in [4.69, 9.17) is 4.98 Å². The van der Waals surface area contributed by atoms with Gasteiger partial charge in [-0.15, -0.1) is 0 Å². The molecule has 1 N–H and O–H groups in total. The van der Waals surface area contributed by atoms with E-state index < -0.39 is 11.5 Å². The predicted octanol–water partition coefficient (Wildman–Crippen LogP) is 4.39. The van der Waals surface area contributed by atoms with Crippen LogP contribution in [0.4, 0.5) is 10.2 Å². The van der Waals surface area contributed by atoms with Crippen molar-refractivity contribution in [3.05, 3.63) is 75.2 Å². The first-order chi connectivity index (χ1) is 18.2. The minimum Gasteiger partial charge on any atom is -0.351 e. The molecule has 9 heteroatoms. The number of nitrogens with zero attached hydrogens (tertiary/aromatic N) is 6. The zero-order chi connectivity index (χ0) is 27.1. The van der Waals surface area contributed by atoms with Crippen molar-refractivity contribution < 1.29 is 4.39 Å². The van der Waals surface area contributed by atoms with Gasteiger partial charge in [-0.3, -0.25) is 4.98 Å². The quantitative estimate of drug-likeness (QED) is 0.434. The summed E-state index contributed by atoms with van der Waals surface area (Å²) in [6.07, 6.45) is 1.72. The van der Waals surface area contributed by atoms with E-state index in [0.717, 1.165) is 24.3 Å². The highest BCUT2D eigenvalue weighted by Crippen LogP contribution is 2.34. The van der Waals surface area contributed by atoms with Gasteiger partial charge in [0.25, 0.3) is 0 Å². The fraction of sp³-hybridized carbons (Fsp3) is 0.345. The second-order valence-electron chi connectivity index (χ2n) is 10.1. The average Bonchev–Trinajstić information content (AvgIpc) is 2.90. The Labute approximate surface area is 220 Å². The second kappa shape index (κ2) is 9.95. The molecule has 4 aromatic rings. The van der Waals surface area contributed by atoms with Gasteiger partial charge in [0.15, 0.2) is 5.65 Å². The Morgan fingerprint density at radius 1 is 1.18 bits per heavy atom. The van der Waals surface area contributed by atoms with E-state index in [0.29, 0.717) is 34.6 Å². The van der Waals surface area contributed by atoms with E-state index in [1.165, 1.54) is 4.57 Å². The second-order valence-corrected chi connectivity index (χ2v) is 10.1. The summed E-state index contributed by atoms with van der Waals surface area (Å²) in [4.78, 5) is 29.9. The fourth-order valence-electron chi connectivity index (χ4n) is 5.11. The molecule has 0 radical (unpaired) electrons. The molecule has 1 aromatic carbocycles. The van der Waals surface area contributed by atoms with Crippen LogP contribution in [0.1, 0.15) is 49.1 Å². The van der Waals surface area contributed by atoms with Gasteiger partial charge >= 0.3 is 5.69 Å². The Hall–Kier alpha value is -4.16. The molecule has 1 fully saturated rings. The topological polar surface area (TPSA) is 99.7 Å². The molecule has 38 heavy (non-hydrogen) atoms. The van der Waals surface area contributed by atoms with E-state index in [2.05, 4.69) is 33.2 Å². The van der Waals surface area contributed by atoms with E-state index in [9.17, 15) is 10.1 Å². The standard InChI is InChI=1S/C29H30FN7O/c1-16(2)24-26(18(4)9-10-33-24)37-28-22(27(35-29(37)38)36-12-11-32-15-19(36)5)13-20(14-31)25(34-28)21-8-6-7-17(3)23(21)30/h6-10,13,16,19,32H,11-12,15H2,1-5H3. The Morgan fingerprint density at radius 3 is 2.68 bits per heavy atom. The maximum absolute atomic E-state index is 15.3. The summed E-state index contributed by atoms with van der Waals surface area (Å²) in [6, 6.07) is 10.8. The molecule has 1 unspecified atom stereocenters. The highest BCUT2D eigenvalue weighted by Gasteiger charge is 2.27. The first-order valence-electron chi connectivity index (χ1n) is 12.8. The molecule has 194 valence electrons. The number of hydrogen-bond donors (Lipinski definition) is 1. The van der Waals surface area contributed by atoms with Crippen LogP contribution >= 0.6 is 0 Å². The van der Waals surface area contributed by atoms with Crippen LogP contribution in [-0.2, 0) is 0 Å². The van der Waals surface area contributed by atoms with Gasteiger partial charge in [0.1, 0.15) is 17.7 Å². The van der Waals surface area contributed by atoms with Crippen molar-refractivity contribution in [1.29, 1.82) is 5.26 Å². The fourth-order valence-corrected chi connectivity index (χ4v) is 5.11. The summed E-state index contributed by atoms with van der Waals surface area (Å²) in [5.41, 5.74) is 3.06. The Morgan fingerprint density at radius 2 is 1.97 bits per heavy atom. The van der Waals surface area contributed by atoms with Crippen molar-refractivity contribution in [2.24, 2.45) is 0 Å². The lowest BCUT2D eigenvalue weighted by molar-refractivity contribution is 0.497. The molecule has 4 heterocycles. The lowest BCUT2D eigenvalue weighted by Crippen LogP contribution is -2.50. The summed E-state index contributed by atoms with van der Waals surface area (Å²) >= 11 is 0. The lowest BCUT2D eigenvalue weighted by Gasteiger charge is -2.35. The highest BCUT2D eigenvalue weighted by molar-refractivity contribution is 5.92. The van der Waals surface area contributed by atoms with E-state index >= 15 is 4.39 Å². The first kappa shape index (κ1) is 25.5. The van der Waals surface area contributed by atoms with E-state index in [-0.39, 0.29) is 28.8 Å². The van der Waals surface area contributed by atoms with Gasteiger partial charge in [-0.25, -0.2) is 18.7 Å². The SMILES string of the molecule is Cc1cccc(-c2nc3c(cc2C#N)c(N2CCNCC2C)nc(=O)n3-c2c(C)ccnc2C(C)C)c1F. The Balaban J connectivity index is 1.94. The molecule has 0 amide bonds. The minimum atomic E-state index is -0.496. The van der Waals surface area contributed by atoms with Crippen LogP contribution in [0.25, 0.3) is 28.0 Å². The van der Waals surface area contributed by atoms with Crippen molar-refractivity contribution in [3.63, 3.8) is 0 Å². The molecule has 0 bridgehead atoms. The summed E-state index contributed by atoms with van der Waals surface area (Å²) < 4.78 is 16.8. The number of piperazine rings is 1. The largest absolute Gasteiger partial charge is 0.355 e. The van der Waals surface area contributed by atoms with Crippen molar-refractivity contribution in [1.82, 2.24) is 24.8 Å². The van der Waals surface area contributed by atoms with Gasteiger partial charge in [-0.1, -0.05) is 26.0 Å². The molecular formula is C29H30FN7O. The number of fused-ring (bicyclic) bond motifs is 1. The first-order valence-corrected chi connectivity index (χ1v) is 12.8. The molecule has 0 saturated carbocycles. The minimum absolute atomic E-state index is 0.0202. The monoisotopic (exact) mass is 511 g/mol. The van der Waals surface area contributed by atoms with Crippen LogP contribution in [0.2, 0.25) is 0 Å². The number of pyridine rings is 2. The normalized spacial score (nSPS) is 15.7. The Bertz CT molecular complexity index is 1650. The van der Waals surface area contributed by atoms with Gasteiger partial charge in [-0.2, -0.15) is 10.2 Å². The van der Waals surface area contributed by atoms with E-state index in [1.54, 1.807) is 37.4 Å². The van der Waals surface area contributed by atoms with E-state index in [1.807, 2.05) is 26.8 Å². The van der Waals surface area contributed by atoms with Crippen molar-refractivity contribution in [3.8, 4) is 23.0 Å². The average molecular weight is 512 g/mol. The number of anilines is 1. The maximum Gasteiger partial charge on any atom is 0.355 e. The number of aromatic nitrogens is 4. The third kappa shape index (κ3) is 4.21. The van der Waals surface area contributed by atoms with Crippen molar-refractivity contribution in [2.75, 3.05) is 24.5 Å². The highest BCUT2D eigenvalue weighted by atomic mass is 19.1. The third-order valence-electron chi connectivity index (χ3n) is 7.11. The number of nitriles is 1. The molecule has 0 aliphatic carbocycles. The zero-order valence-corrected chi connectivity index (χ0v) is 22.2. The Kier molecular flexibility index (Phi) is 6.67. The van der Waals surface area contributed by atoms with Gasteiger partial charge in [0.05, 0.1) is 28.0 Å². The molecule has 5 rings (SSSR count). The number of halogens is 1. The van der Waals surface area contributed by atoms with Crippen LogP contribution in [0, 0.1) is 31.0 Å². The smallest absolute Gasteiger partial charge is 0.351 e. The number of nitrogens with one attached hydrogen (secondary N) is 1. The van der Waals surface area contributed by atoms with Crippen LogP contribution < -0.4 is 15.9 Å². The summed E-state index contributed by atoms with van der Waals surface area (Å²) in [6.45, 7) is 11.8. The molecule has 1 atom stereocenters. The van der Waals surface area contributed by atoms with Gasteiger partial charge in [-0.05, 0) is 56.0 Å². The van der Waals surface area contributed by atoms with Gasteiger partial charge in [0, 0.05) is 37.4 Å². The molecular weight excluding hydrogens is 481 g/mol. The number of benzene rings is 1. The van der Waals surface area contributed by atoms with Crippen LogP contribution in [0.3, 0.4) is 0 Å². The van der Waals surface area contributed by atoms with Crippen LogP contribution in [0.15, 0.2) is 41.3 Å². The molecule has 8 nitrogen and oxygen atoms in total. The lowest BCUT2D eigenvalue weighted by atomic mass is 10.0.